The summed E-state index contributed by atoms with van der Waals surface area (Å²) in [5, 5.41) is 19.0. The number of nitrogens with zero attached hydrogens (tertiary/aromatic N) is 2. The second-order valence-corrected chi connectivity index (χ2v) is 5.25. The third kappa shape index (κ3) is 3.39. The fourth-order valence-corrected chi connectivity index (χ4v) is 2.16. The van der Waals surface area contributed by atoms with Crippen molar-refractivity contribution in [1.82, 2.24) is 10.2 Å². The molecule has 112 valence electrons. The maximum absolute atomic E-state index is 12.2. The zero-order valence-electron chi connectivity index (χ0n) is 11.9. The van der Waals surface area contributed by atoms with Crippen LogP contribution >= 0.6 is 11.6 Å². The lowest BCUT2D eigenvalue weighted by Crippen LogP contribution is -2.12. The number of nitriles is 1. The second kappa shape index (κ2) is 6.34. The highest BCUT2D eigenvalue weighted by Gasteiger charge is 2.11. The van der Waals surface area contributed by atoms with Crippen LogP contribution in [-0.2, 0) is 0 Å². The van der Waals surface area contributed by atoms with Crippen LogP contribution in [0.2, 0.25) is 5.02 Å². The minimum atomic E-state index is -0.303. The smallest absolute Gasteiger partial charge is 0.273 e. The number of hydrogen-bond acceptors (Lipinski definition) is 3. The van der Waals surface area contributed by atoms with E-state index in [0.717, 1.165) is 5.56 Å². The molecule has 2 N–H and O–H groups in total. The van der Waals surface area contributed by atoms with E-state index in [0.29, 0.717) is 27.7 Å². The first-order chi connectivity index (χ1) is 11.2. The number of carbonyl (C=O) groups excluding carboxylic acids is 1. The molecule has 5 nitrogen and oxygen atoms in total. The van der Waals surface area contributed by atoms with Gasteiger partial charge in [0.25, 0.3) is 5.91 Å². The van der Waals surface area contributed by atoms with Crippen LogP contribution < -0.4 is 5.32 Å². The molecule has 3 rings (SSSR count). The van der Waals surface area contributed by atoms with Crippen molar-refractivity contribution in [2.45, 2.75) is 0 Å². The van der Waals surface area contributed by atoms with E-state index in [2.05, 4.69) is 15.5 Å². The van der Waals surface area contributed by atoms with Crippen LogP contribution in [0.4, 0.5) is 5.69 Å². The molecule has 23 heavy (non-hydrogen) atoms. The van der Waals surface area contributed by atoms with Gasteiger partial charge in [-0.15, -0.1) is 0 Å². The molecule has 2 aromatic carbocycles. The number of amides is 1. The molecule has 0 atom stereocenters. The summed E-state index contributed by atoms with van der Waals surface area (Å²) in [6.07, 6.45) is 0. The molecule has 0 spiro atoms. The van der Waals surface area contributed by atoms with E-state index in [1.165, 1.54) is 0 Å². The summed E-state index contributed by atoms with van der Waals surface area (Å²) in [5.41, 5.74) is 3.01. The number of carbonyl (C=O) groups is 1. The number of aromatic amines is 1. The Hall–Kier alpha value is -3.10. The van der Waals surface area contributed by atoms with Crippen LogP contribution in [0.3, 0.4) is 0 Å². The largest absolute Gasteiger partial charge is 0.321 e. The van der Waals surface area contributed by atoms with E-state index in [4.69, 9.17) is 16.9 Å². The van der Waals surface area contributed by atoms with Crippen LogP contribution in [0.15, 0.2) is 54.6 Å². The molecule has 0 bridgehead atoms. The van der Waals surface area contributed by atoms with Crippen molar-refractivity contribution in [2.75, 3.05) is 5.32 Å². The van der Waals surface area contributed by atoms with Crippen molar-refractivity contribution >= 4 is 23.2 Å². The number of anilines is 1. The van der Waals surface area contributed by atoms with Crippen molar-refractivity contribution in [1.29, 1.82) is 5.26 Å². The molecule has 1 heterocycles. The summed E-state index contributed by atoms with van der Waals surface area (Å²) in [4.78, 5) is 12.2. The predicted molar refractivity (Wildman–Crippen MR) is 88.1 cm³/mol. The van der Waals surface area contributed by atoms with Gasteiger partial charge >= 0.3 is 0 Å². The molecule has 1 aromatic heterocycles. The Labute approximate surface area is 137 Å². The third-order valence-corrected chi connectivity index (χ3v) is 3.49. The molecule has 0 fully saturated rings. The average Bonchev–Trinajstić information content (AvgIpc) is 3.06. The third-order valence-electron chi connectivity index (χ3n) is 3.23. The summed E-state index contributed by atoms with van der Waals surface area (Å²) < 4.78 is 0. The Morgan fingerprint density at radius 2 is 1.83 bits per heavy atom. The Bertz CT molecular complexity index is 876. The highest BCUT2D eigenvalue weighted by Crippen LogP contribution is 2.20. The van der Waals surface area contributed by atoms with Crippen molar-refractivity contribution in [2.24, 2.45) is 0 Å². The Morgan fingerprint density at radius 1 is 1.13 bits per heavy atom. The van der Waals surface area contributed by atoms with E-state index in [9.17, 15) is 4.79 Å². The lowest BCUT2D eigenvalue weighted by Gasteiger charge is -2.02. The van der Waals surface area contributed by atoms with Gasteiger partial charge in [-0.2, -0.15) is 10.4 Å². The van der Waals surface area contributed by atoms with Crippen molar-refractivity contribution in [3.05, 3.63) is 70.9 Å². The monoisotopic (exact) mass is 322 g/mol. The van der Waals surface area contributed by atoms with Crippen molar-refractivity contribution in [3.8, 4) is 17.3 Å². The maximum Gasteiger partial charge on any atom is 0.273 e. The van der Waals surface area contributed by atoms with Gasteiger partial charge in [0.1, 0.15) is 5.69 Å². The molecule has 6 heteroatoms. The fraction of sp³-hybridized carbons (Fsp3) is 0. The summed E-state index contributed by atoms with van der Waals surface area (Å²) in [5.74, 6) is -0.303. The summed E-state index contributed by atoms with van der Waals surface area (Å²) >= 11 is 5.85. The number of nitrogens with one attached hydrogen (secondary N) is 2. The van der Waals surface area contributed by atoms with Gasteiger partial charge in [-0.05, 0) is 42.5 Å². The second-order valence-electron chi connectivity index (χ2n) is 4.82. The lowest BCUT2D eigenvalue weighted by atomic mass is 10.1. The highest BCUT2D eigenvalue weighted by molar-refractivity contribution is 6.30. The number of benzene rings is 2. The van der Waals surface area contributed by atoms with Gasteiger partial charge in [-0.3, -0.25) is 9.89 Å². The number of rotatable bonds is 3. The van der Waals surface area contributed by atoms with E-state index < -0.39 is 0 Å². The minimum Gasteiger partial charge on any atom is -0.321 e. The Morgan fingerprint density at radius 3 is 2.48 bits per heavy atom. The van der Waals surface area contributed by atoms with E-state index in [1.807, 2.05) is 18.2 Å². The lowest BCUT2D eigenvalue weighted by molar-refractivity contribution is 0.102. The molecule has 0 saturated heterocycles. The van der Waals surface area contributed by atoms with Gasteiger partial charge in [0.2, 0.25) is 0 Å². The van der Waals surface area contributed by atoms with Gasteiger partial charge in [-0.1, -0.05) is 23.7 Å². The average molecular weight is 323 g/mol. The molecule has 0 aliphatic carbocycles. The van der Waals surface area contributed by atoms with Crippen molar-refractivity contribution < 1.29 is 4.79 Å². The molecule has 0 unspecified atom stereocenters. The fourth-order valence-electron chi connectivity index (χ4n) is 2.03. The quantitative estimate of drug-likeness (QED) is 0.768. The number of hydrogen-bond donors (Lipinski definition) is 2. The van der Waals surface area contributed by atoms with Crippen LogP contribution in [0.5, 0.6) is 0 Å². The molecule has 3 aromatic rings. The molecule has 0 aliphatic rings. The summed E-state index contributed by atoms with van der Waals surface area (Å²) in [6, 6.07) is 17.5. The number of halogens is 1. The van der Waals surface area contributed by atoms with Gasteiger partial charge in [0.05, 0.1) is 17.3 Å². The zero-order valence-corrected chi connectivity index (χ0v) is 12.6. The van der Waals surface area contributed by atoms with Crippen LogP contribution in [0.1, 0.15) is 16.1 Å². The molecule has 1 amide bonds. The maximum atomic E-state index is 12.2. The zero-order chi connectivity index (χ0) is 16.2. The molecule has 0 radical (unpaired) electrons. The normalized spacial score (nSPS) is 10.1. The van der Waals surface area contributed by atoms with Crippen LogP contribution in [-0.4, -0.2) is 16.1 Å². The first kappa shape index (κ1) is 14.8. The highest BCUT2D eigenvalue weighted by atomic mass is 35.5. The van der Waals surface area contributed by atoms with E-state index in [-0.39, 0.29) is 5.91 Å². The predicted octanol–water partition coefficient (Wildman–Crippen LogP) is 3.85. The van der Waals surface area contributed by atoms with Crippen molar-refractivity contribution in [3.63, 3.8) is 0 Å². The van der Waals surface area contributed by atoms with E-state index >= 15 is 0 Å². The first-order valence-corrected chi connectivity index (χ1v) is 7.16. The van der Waals surface area contributed by atoms with E-state index in [1.54, 1.807) is 42.5 Å². The van der Waals surface area contributed by atoms with Gasteiger partial charge in [0.15, 0.2) is 0 Å². The number of aromatic nitrogens is 2. The van der Waals surface area contributed by atoms with Gasteiger partial charge < -0.3 is 5.32 Å². The topological polar surface area (TPSA) is 81.6 Å². The van der Waals surface area contributed by atoms with Crippen LogP contribution in [0, 0.1) is 11.3 Å². The molecular weight excluding hydrogens is 312 g/mol. The number of H-pyrrole nitrogens is 1. The van der Waals surface area contributed by atoms with Crippen LogP contribution in [0.25, 0.3) is 11.3 Å². The first-order valence-electron chi connectivity index (χ1n) is 6.78. The SMILES string of the molecule is N#Cc1ccc(NC(=O)c2cc(-c3ccc(Cl)cc3)n[nH]2)cc1. The van der Waals surface area contributed by atoms with Gasteiger partial charge in [0, 0.05) is 16.3 Å². The van der Waals surface area contributed by atoms with Gasteiger partial charge in [-0.25, -0.2) is 0 Å². The molecular formula is C17H11ClN4O. The molecule has 0 saturated carbocycles. The Balaban J connectivity index is 1.75. The Kier molecular flexibility index (Phi) is 4.09. The summed E-state index contributed by atoms with van der Waals surface area (Å²) in [7, 11) is 0. The summed E-state index contributed by atoms with van der Waals surface area (Å²) in [6.45, 7) is 0. The minimum absolute atomic E-state index is 0.303. The molecule has 0 aliphatic heterocycles. The standard InChI is InChI=1S/C17H11ClN4O/c18-13-5-3-12(4-6-13)15-9-16(22-21-15)17(23)20-14-7-1-11(10-19)2-8-14/h1-9H,(H,20,23)(H,21,22).